The number of hydrogen-bond acceptors (Lipinski definition) is 6. The van der Waals surface area contributed by atoms with Crippen molar-refractivity contribution in [3.63, 3.8) is 0 Å². The molecule has 3 aromatic carbocycles. The summed E-state index contributed by atoms with van der Waals surface area (Å²) in [4.78, 5) is 14.0. The molecule has 7 nitrogen and oxygen atoms in total. The van der Waals surface area contributed by atoms with E-state index in [1.807, 2.05) is 18.2 Å². The summed E-state index contributed by atoms with van der Waals surface area (Å²) >= 11 is 0. The zero-order valence-electron chi connectivity index (χ0n) is 18.6. The Hall–Kier alpha value is -4.34. The lowest BCUT2D eigenvalue weighted by Gasteiger charge is -2.18. The third kappa shape index (κ3) is 5.60. The number of nitrogen functional groups attached to an aromatic ring is 1. The van der Waals surface area contributed by atoms with Gasteiger partial charge >= 0.3 is 12.1 Å². The van der Waals surface area contributed by atoms with Crippen LogP contribution in [0.4, 0.5) is 18.9 Å². The molecule has 0 fully saturated rings. The Balaban J connectivity index is 1.60. The maximum atomic E-state index is 13.8. The summed E-state index contributed by atoms with van der Waals surface area (Å²) in [5, 5.41) is 7.82. The van der Waals surface area contributed by atoms with Crippen LogP contribution >= 0.6 is 0 Å². The molecule has 0 aliphatic carbocycles. The van der Waals surface area contributed by atoms with Gasteiger partial charge in [-0.05, 0) is 42.3 Å². The van der Waals surface area contributed by atoms with Crippen LogP contribution in [0, 0.1) is 6.92 Å². The monoisotopic (exact) mass is 482 g/mol. The van der Waals surface area contributed by atoms with Crippen LogP contribution in [0.5, 0.6) is 11.5 Å². The molecule has 35 heavy (non-hydrogen) atoms. The van der Waals surface area contributed by atoms with Crippen molar-refractivity contribution in [2.75, 3.05) is 5.73 Å². The van der Waals surface area contributed by atoms with Crippen LogP contribution in [-0.2, 0) is 24.1 Å². The SMILES string of the molecule is Cc1c(Oc2ccc(Cn3nccn3)cc2C(F)(F)F)ccc(N)c1C(=O)OCc1ccccc1. The highest BCUT2D eigenvalue weighted by Gasteiger charge is 2.35. The molecular weight excluding hydrogens is 461 g/mol. The van der Waals surface area contributed by atoms with Crippen molar-refractivity contribution in [2.24, 2.45) is 0 Å². The predicted molar refractivity (Wildman–Crippen MR) is 122 cm³/mol. The largest absolute Gasteiger partial charge is 0.457 e. The molecule has 0 aliphatic rings. The molecule has 4 rings (SSSR count). The molecule has 0 atom stereocenters. The smallest absolute Gasteiger partial charge is 0.419 e. The van der Waals surface area contributed by atoms with Gasteiger partial charge in [0.1, 0.15) is 18.1 Å². The number of halogens is 3. The highest BCUT2D eigenvalue weighted by molar-refractivity contribution is 5.97. The second kappa shape index (κ2) is 9.88. The van der Waals surface area contributed by atoms with Crippen LogP contribution in [0.3, 0.4) is 0 Å². The summed E-state index contributed by atoms with van der Waals surface area (Å²) in [5.41, 5.74) is 6.58. The lowest BCUT2D eigenvalue weighted by atomic mass is 10.1. The summed E-state index contributed by atoms with van der Waals surface area (Å²) < 4.78 is 52.5. The zero-order valence-corrected chi connectivity index (χ0v) is 18.6. The van der Waals surface area contributed by atoms with E-state index >= 15 is 0 Å². The number of ether oxygens (including phenoxy) is 2. The maximum absolute atomic E-state index is 13.8. The van der Waals surface area contributed by atoms with E-state index in [2.05, 4.69) is 10.2 Å². The zero-order chi connectivity index (χ0) is 25.0. The minimum Gasteiger partial charge on any atom is -0.457 e. The lowest BCUT2D eigenvalue weighted by molar-refractivity contribution is -0.138. The number of esters is 1. The molecule has 1 aromatic heterocycles. The molecular formula is C25H21F3N4O3. The van der Waals surface area contributed by atoms with Gasteiger partial charge in [-0.25, -0.2) is 4.79 Å². The molecule has 0 radical (unpaired) electrons. The van der Waals surface area contributed by atoms with Crippen molar-refractivity contribution in [3.05, 3.63) is 101 Å². The van der Waals surface area contributed by atoms with Crippen LogP contribution in [0.1, 0.15) is 32.6 Å². The summed E-state index contributed by atoms with van der Waals surface area (Å²) in [6, 6.07) is 15.6. The van der Waals surface area contributed by atoms with Crippen molar-refractivity contribution < 1.29 is 27.4 Å². The van der Waals surface area contributed by atoms with Crippen LogP contribution in [0.25, 0.3) is 0 Å². The van der Waals surface area contributed by atoms with Crippen LogP contribution < -0.4 is 10.5 Å². The van der Waals surface area contributed by atoms with Crippen molar-refractivity contribution in [2.45, 2.75) is 26.3 Å². The third-order valence-electron chi connectivity index (χ3n) is 5.22. The Morgan fingerprint density at radius 3 is 2.34 bits per heavy atom. The van der Waals surface area contributed by atoms with Crippen LogP contribution in [0.15, 0.2) is 73.1 Å². The number of benzene rings is 3. The number of nitrogens with zero attached hydrogens (tertiary/aromatic N) is 3. The van der Waals surface area contributed by atoms with E-state index in [0.29, 0.717) is 5.56 Å². The standard InChI is InChI=1S/C25H21F3N4O3/c1-16-21(10-8-20(29)23(16)24(33)34-15-17-5-3-2-4-6-17)35-22-9-7-18(13-19(22)25(26,27)28)14-32-30-11-12-31-32/h2-13H,14-15,29H2,1H3. The lowest BCUT2D eigenvalue weighted by Crippen LogP contribution is -2.12. The minimum atomic E-state index is -4.68. The Bertz CT molecular complexity index is 1320. The van der Waals surface area contributed by atoms with Gasteiger partial charge in [-0.2, -0.15) is 28.2 Å². The molecule has 0 amide bonds. The molecule has 4 aromatic rings. The molecule has 0 saturated carbocycles. The van der Waals surface area contributed by atoms with E-state index in [1.54, 1.807) is 12.1 Å². The van der Waals surface area contributed by atoms with Gasteiger partial charge in [0.2, 0.25) is 0 Å². The van der Waals surface area contributed by atoms with E-state index in [1.165, 1.54) is 48.4 Å². The maximum Gasteiger partial charge on any atom is 0.419 e. The molecule has 0 spiro atoms. The van der Waals surface area contributed by atoms with Crippen molar-refractivity contribution >= 4 is 11.7 Å². The second-order valence-electron chi connectivity index (χ2n) is 7.70. The Kier molecular flexibility index (Phi) is 6.72. The Labute approximate surface area is 198 Å². The first-order valence-corrected chi connectivity index (χ1v) is 10.5. The molecule has 0 saturated heterocycles. The Morgan fingerprint density at radius 2 is 1.66 bits per heavy atom. The van der Waals surface area contributed by atoms with Crippen LogP contribution in [0.2, 0.25) is 0 Å². The quantitative estimate of drug-likeness (QED) is 0.281. The first-order valence-electron chi connectivity index (χ1n) is 10.5. The third-order valence-corrected chi connectivity index (χ3v) is 5.22. The number of rotatable bonds is 7. The summed E-state index contributed by atoms with van der Waals surface area (Å²) in [6.45, 7) is 1.62. The van der Waals surface area contributed by atoms with Gasteiger partial charge in [0.15, 0.2) is 0 Å². The first kappa shape index (κ1) is 23.8. The first-order chi connectivity index (χ1) is 16.7. The number of alkyl halides is 3. The molecule has 1 heterocycles. The van der Waals surface area contributed by atoms with Crippen molar-refractivity contribution in [3.8, 4) is 11.5 Å². The summed E-state index contributed by atoms with van der Waals surface area (Å²) in [7, 11) is 0. The molecule has 180 valence electrons. The average molecular weight is 482 g/mol. The van der Waals surface area contributed by atoms with Crippen LogP contribution in [-0.4, -0.2) is 21.0 Å². The number of carbonyl (C=O) groups is 1. The fourth-order valence-electron chi connectivity index (χ4n) is 3.48. The van der Waals surface area contributed by atoms with E-state index in [4.69, 9.17) is 15.2 Å². The van der Waals surface area contributed by atoms with Gasteiger partial charge in [-0.1, -0.05) is 36.4 Å². The molecule has 2 N–H and O–H groups in total. The average Bonchev–Trinajstić information content (AvgIpc) is 3.33. The molecule has 0 unspecified atom stereocenters. The van der Waals surface area contributed by atoms with Crippen molar-refractivity contribution in [1.82, 2.24) is 15.0 Å². The fourth-order valence-corrected chi connectivity index (χ4v) is 3.48. The molecule has 0 aliphatic heterocycles. The topological polar surface area (TPSA) is 92.3 Å². The predicted octanol–water partition coefficient (Wildman–Crippen LogP) is 5.39. The van der Waals surface area contributed by atoms with Gasteiger partial charge in [0, 0.05) is 11.3 Å². The van der Waals surface area contributed by atoms with Gasteiger partial charge < -0.3 is 15.2 Å². The second-order valence-corrected chi connectivity index (χ2v) is 7.70. The minimum absolute atomic E-state index is 0.0223. The van der Waals surface area contributed by atoms with Gasteiger partial charge in [0.25, 0.3) is 0 Å². The number of hydrogen-bond donors (Lipinski definition) is 1. The molecule has 10 heteroatoms. The fraction of sp³-hybridized carbons (Fsp3) is 0.160. The van der Waals surface area contributed by atoms with Gasteiger partial charge in [-0.3, -0.25) is 0 Å². The highest BCUT2D eigenvalue weighted by atomic mass is 19.4. The van der Waals surface area contributed by atoms with E-state index in [-0.39, 0.29) is 35.7 Å². The Morgan fingerprint density at radius 1 is 0.971 bits per heavy atom. The van der Waals surface area contributed by atoms with E-state index in [0.717, 1.165) is 11.6 Å². The molecule has 0 bridgehead atoms. The summed E-state index contributed by atoms with van der Waals surface area (Å²) in [5.74, 6) is -1.06. The highest BCUT2D eigenvalue weighted by Crippen LogP contribution is 2.40. The number of anilines is 1. The van der Waals surface area contributed by atoms with Crippen molar-refractivity contribution in [1.29, 1.82) is 0 Å². The van der Waals surface area contributed by atoms with Gasteiger partial charge in [-0.15, -0.1) is 0 Å². The summed E-state index contributed by atoms with van der Waals surface area (Å²) in [6.07, 6.45) is -1.80. The number of carbonyl (C=O) groups excluding carboxylic acids is 1. The number of nitrogens with two attached hydrogens (primary N) is 1. The normalized spacial score (nSPS) is 11.3. The van der Waals surface area contributed by atoms with Gasteiger partial charge in [0.05, 0.1) is 30.1 Å². The van der Waals surface area contributed by atoms with E-state index in [9.17, 15) is 18.0 Å². The number of aromatic nitrogens is 3. The van der Waals surface area contributed by atoms with E-state index < -0.39 is 23.5 Å².